The minimum atomic E-state index is -4.52. The van der Waals surface area contributed by atoms with E-state index in [1.54, 1.807) is 4.40 Å². The predicted molar refractivity (Wildman–Crippen MR) is 140 cm³/mol. The van der Waals surface area contributed by atoms with Crippen LogP contribution in [0.2, 0.25) is 0 Å². The average molecular weight is 503 g/mol. The molecule has 5 nitrogen and oxygen atoms in total. The maximum Gasteiger partial charge on any atom is 0.435 e. The van der Waals surface area contributed by atoms with E-state index in [9.17, 15) is 13.2 Å². The lowest BCUT2D eigenvalue weighted by Crippen LogP contribution is -2.20. The Balaban J connectivity index is 0.000000674. The predicted octanol–water partition coefficient (Wildman–Crippen LogP) is 6.75. The molecule has 8 heteroatoms. The van der Waals surface area contributed by atoms with Crippen molar-refractivity contribution in [3.63, 3.8) is 0 Å². The van der Waals surface area contributed by atoms with Crippen LogP contribution in [0.3, 0.4) is 0 Å². The second kappa shape index (κ2) is 11.5. The average Bonchev–Trinajstić information content (AvgIpc) is 3.48. The van der Waals surface area contributed by atoms with Gasteiger partial charge in [0.1, 0.15) is 0 Å². The van der Waals surface area contributed by atoms with Gasteiger partial charge in [-0.25, -0.2) is 4.98 Å². The van der Waals surface area contributed by atoms with E-state index < -0.39 is 11.9 Å². The monoisotopic (exact) mass is 502 g/mol. The van der Waals surface area contributed by atoms with Crippen LogP contribution in [-0.4, -0.2) is 32.7 Å². The van der Waals surface area contributed by atoms with Crippen LogP contribution in [-0.2, 0) is 12.7 Å². The molecule has 0 bridgehead atoms. The molecule has 1 saturated carbocycles. The summed E-state index contributed by atoms with van der Waals surface area (Å²) in [4.78, 5) is 4.18. The summed E-state index contributed by atoms with van der Waals surface area (Å²) < 4.78 is 45.5. The maximum atomic E-state index is 14.0. The van der Waals surface area contributed by atoms with Gasteiger partial charge in [-0.1, -0.05) is 50.1 Å². The Morgan fingerprint density at radius 2 is 1.56 bits per heavy atom. The van der Waals surface area contributed by atoms with Gasteiger partial charge in [0.25, 0.3) is 0 Å². The van der Waals surface area contributed by atoms with Crippen LogP contribution in [0.4, 0.5) is 13.2 Å². The van der Waals surface area contributed by atoms with Gasteiger partial charge in [0.15, 0.2) is 5.69 Å². The van der Waals surface area contributed by atoms with Gasteiger partial charge in [-0.05, 0) is 69.3 Å². The first-order valence-electron chi connectivity index (χ1n) is 12.5. The molecule has 1 aliphatic carbocycles. The van der Waals surface area contributed by atoms with Crippen molar-refractivity contribution in [2.75, 3.05) is 13.7 Å². The summed E-state index contributed by atoms with van der Waals surface area (Å²) >= 11 is 0. The van der Waals surface area contributed by atoms with Crippen molar-refractivity contribution in [2.45, 2.75) is 66.6 Å². The number of halogens is 3. The van der Waals surface area contributed by atoms with Crippen LogP contribution in [0.1, 0.15) is 61.2 Å². The van der Waals surface area contributed by atoms with E-state index in [-0.39, 0.29) is 12.2 Å². The molecule has 2 heterocycles. The van der Waals surface area contributed by atoms with Gasteiger partial charge in [-0.3, -0.25) is 8.97 Å². The zero-order valence-corrected chi connectivity index (χ0v) is 22.0. The zero-order chi connectivity index (χ0) is 26.6. The fraction of sp³-hybridized carbons (Fsp3) is 0.464. The third-order valence-corrected chi connectivity index (χ3v) is 6.07. The van der Waals surface area contributed by atoms with Crippen molar-refractivity contribution >= 4 is 16.8 Å². The number of imidazole rings is 2. The van der Waals surface area contributed by atoms with Crippen LogP contribution < -0.4 is 5.32 Å². The number of hydrogen-bond donors (Lipinski definition) is 2. The second-order valence-corrected chi connectivity index (χ2v) is 9.39. The fourth-order valence-electron chi connectivity index (χ4n) is 4.65. The fourth-order valence-corrected chi connectivity index (χ4v) is 4.65. The van der Waals surface area contributed by atoms with Crippen molar-refractivity contribution in [1.82, 2.24) is 19.3 Å². The van der Waals surface area contributed by atoms with Crippen molar-refractivity contribution in [2.24, 2.45) is 5.92 Å². The van der Waals surface area contributed by atoms with Crippen molar-refractivity contribution in [1.29, 1.82) is 0 Å². The molecule has 0 saturated heterocycles. The molecule has 2 aromatic heterocycles. The number of nitrogens with one attached hydrogen (secondary N) is 1. The zero-order valence-electron chi connectivity index (χ0n) is 22.0. The molecule has 1 aliphatic rings. The van der Waals surface area contributed by atoms with Gasteiger partial charge in [0, 0.05) is 13.7 Å². The van der Waals surface area contributed by atoms with Crippen LogP contribution in [0.25, 0.3) is 22.5 Å². The molecule has 0 atom stereocenters. The SMILES string of the molecule is CCC.CO.Cc1cc(C)c(-n2c3ccccc3n3c(CNCC4CC4)c(C(F)(F)F)nc23)c(C)c1. The molecular formula is C28H37F3N4O. The number of nitrogens with zero attached hydrogens (tertiary/aromatic N) is 3. The van der Waals surface area contributed by atoms with Crippen molar-refractivity contribution < 1.29 is 18.3 Å². The topological polar surface area (TPSA) is 54.5 Å². The Morgan fingerprint density at radius 3 is 2.08 bits per heavy atom. The van der Waals surface area contributed by atoms with Crippen LogP contribution in [0.15, 0.2) is 36.4 Å². The standard InChI is InChI=1S/C24H25F3N4.C3H8.CH4O/c1-14-10-15(2)21(16(3)11-14)31-19-7-5-4-6-18(19)30-20(13-28-12-17-8-9-17)22(24(25,26)27)29-23(30)31;1-3-2;1-2/h4-7,10-11,17,28H,8-9,12-13H2,1-3H3;3H2,1-2H3;2H,1H3. The number of aliphatic hydroxyl groups is 1. The largest absolute Gasteiger partial charge is 0.435 e. The van der Waals surface area contributed by atoms with Crippen molar-refractivity contribution in [3.05, 3.63) is 64.5 Å². The van der Waals surface area contributed by atoms with Gasteiger partial charge in [-0.15, -0.1) is 0 Å². The second-order valence-electron chi connectivity index (χ2n) is 9.39. The van der Waals surface area contributed by atoms with Gasteiger partial charge in [-0.2, -0.15) is 13.2 Å². The minimum absolute atomic E-state index is 0.131. The van der Waals surface area contributed by atoms with Crippen LogP contribution in [0.5, 0.6) is 0 Å². The Hall–Kier alpha value is -2.84. The number of alkyl halides is 3. The van der Waals surface area contributed by atoms with Gasteiger partial charge >= 0.3 is 6.18 Å². The molecule has 0 unspecified atom stereocenters. The number of aromatic nitrogens is 3. The lowest BCUT2D eigenvalue weighted by Gasteiger charge is -2.14. The highest BCUT2D eigenvalue weighted by atomic mass is 19.4. The summed E-state index contributed by atoms with van der Waals surface area (Å²) in [5.41, 5.74) is 4.94. The molecule has 36 heavy (non-hydrogen) atoms. The van der Waals surface area contributed by atoms with Gasteiger partial charge < -0.3 is 10.4 Å². The van der Waals surface area contributed by atoms with Gasteiger partial charge in [0.2, 0.25) is 5.78 Å². The van der Waals surface area contributed by atoms with E-state index in [2.05, 4.69) is 36.3 Å². The summed E-state index contributed by atoms with van der Waals surface area (Å²) in [6.45, 7) is 11.1. The number of para-hydroxylation sites is 2. The highest BCUT2D eigenvalue weighted by Gasteiger charge is 2.39. The smallest absolute Gasteiger partial charge is 0.400 e. The number of rotatable bonds is 5. The third kappa shape index (κ3) is 5.60. The molecule has 0 amide bonds. The number of hydrogen-bond acceptors (Lipinski definition) is 3. The Labute approximate surface area is 211 Å². The van der Waals surface area contributed by atoms with Crippen molar-refractivity contribution in [3.8, 4) is 5.69 Å². The minimum Gasteiger partial charge on any atom is -0.400 e. The third-order valence-electron chi connectivity index (χ3n) is 6.07. The Bertz CT molecular complexity index is 1290. The van der Waals surface area contributed by atoms with E-state index in [4.69, 9.17) is 5.11 Å². The number of aryl methyl sites for hydroxylation is 3. The first-order valence-corrected chi connectivity index (χ1v) is 12.5. The van der Waals surface area contributed by atoms with Crippen LogP contribution >= 0.6 is 0 Å². The summed E-state index contributed by atoms with van der Waals surface area (Å²) in [5, 5.41) is 10.2. The number of aliphatic hydroxyl groups excluding tert-OH is 1. The highest BCUT2D eigenvalue weighted by molar-refractivity contribution is 5.85. The normalized spacial score (nSPS) is 13.4. The molecule has 196 valence electrons. The van der Waals surface area contributed by atoms with Crippen LogP contribution in [0, 0.1) is 26.7 Å². The molecule has 0 aliphatic heterocycles. The first-order chi connectivity index (χ1) is 17.2. The van der Waals surface area contributed by atoms with E-state index in [0.717, 1.165) is 59.9 Å². The molecule has 1 fully saturated rings. The lowest BCUT2D eigenvalue weighted by atomic mass is 10.0. The summed E-state index contributed by atoms with van der Waals surface area (Å²) in [6.07, 6.45) is -0.982. The molecule has 0 radical (unpaired) electrons. The lowest BCUT2D eigenvalue weighted by molar-refractivity contribution is -0.141. The summed E-state index contributed by atoms with van der Waals surface area (Å²) in [6, 6.07) is 11.7. The van der Waals surface area contributed by atoms with E-state index in [1.165, 1.54) is 6.42 Å². The van der Waals surface area contributed by atoms with E-state index in [1.807, 2.05) is 49.6 Å². The van der Waals surface area contributed by atoms with Gasteiger partial charge in [0.05, 0.1) is 22.4 Å². The van der Waals surface area contributed by atoms with E-state index >= 15 is 0 Å². The quantitative estimate of drug-likeness (QED) is 0.318. The first kappa shape index (κ1) is 27.7. The number of fused-ring (bicyclic) bond motifs is 3. The molecule has 5 rings (SSSR count). The Morgan fingerprint density at radius 1 is 1.00 bits per heavy atom. The highest BCUT2D eigenvalue weighted by Crippen LogP contribution is 2.37. The molecule has 2 aromatic carbocycles. The molecule has 0 spiro atoms. The Kier molecular flexibility index (Phi) is 8.84. The summed E-state index contributed by atoms with van der Waals surface area (Å²) in [5.74, 6) is 0.878. The maximum absolute atomic E-state index is 14.0. The van der Waals surface area contributed by atoms with E-state index in [0.29, 0.717) is 11.7 Å². The molecule has 2 N–H and O–H groups in total. The molecular weight excluding hydrogens is 465 g/mol. The number of benzene rings is 2. The molecule has 4 aromatic rings. The summed E-state index contributed by atoms with van der Waals surface area (Å²) in [7, 11) is 1.00.